The summed E-state index contributed by atoms with van der Waals surface area (Å²) in [4.78, 5) is 9.47. The van der Waals surface area contributed by atoms with Crippen LogP contribution in [0.2, 0.25) is 10.0 Å². The first-order valence-corrected chi connectivity index (χ1v) is 9.24. The molecule has 6 nitrogen and oxygen atoms in total. The van der Waals surface area contributed by atoms with Crippen molar-refractivity contribution in [1.82, 2.24) is 0 Å². The summed E-state index contributed by atoms with van der Waals surface area (Å²) in [5, 5.41) is 11.2. The molecule has 2 aromatic rings. The Morgan fingerprint density at radius 2 is 1.88 bits per heavy atom. The Kier molecular flexibility index (Phi) is 5.83. The molecule has 0 amide bonds. The van der Waals surface area contributed by atoms with E-state index < -0.39 is 29.7 Å². The Morgan fingerprint density at radius 3 is 2.38 bits per heavy atom. The third-order valence-corrected chi connectivity index (χ3v) is 6.18. The molecule has 0 aliphatic heterocycles. The summed E-state index contributed by atoms with van der Waals surface area (Å²) in [6.07, 6.45) is 1.15. The molecule has 1 aromatic carbocycles. The lowest BCUT2D eigenvalue weighted by Gasteiger charge is -2.08. The van der Waals surface area contributed by atoms with E-state index in [0.29, 0.717) is 5.02 Å². The fourth-order valence-electron chi connectivity index (χ4n) is 1.71. The molecule has 0 bridgehead atoms. The molecule has 0 unspecified atom stereocenters. The maximum absolute atomic E-state index is 12.4. The lowest BCUT2D eigenvalue weighted by Crippen LogP contribution is -2.10. The minimum Gasteiger partial charge on any atom is -0.400 e. The van der Waals surface area contributed by atoms with E-state index in [9.17, 15) is 18.5 Å². The molecule has 24 heavy (non-hydrogen) atoms. The average Bonchev–Trinajstić information content (AvgIpc) is 2.95. The van der Waals surface area contributed by atoms with Crippen LogP contribution in [-0.2, 0) is 9.84 Å². The number of nitro groups is 1. The highest BCUT2D eigenvalue weighted by atomic mass is 35.5. The van der Waals surface area contributed by atoms with Crippen LogP contribution in [0.3, 0.4) is 0 Å². The molecule has 11 heteroatoms. The smallest absolute Gasteiger partial charge is 0.400 e. The molecule has 0 aliphatic carbocycles. The Hall–Kier alpha value is -1.25. The Labute approximate surface area is 156 Å². The lowest BCUT2D eigenvalue weighted by molar-refractivity contribution is -0.402. The standard InChI is InChI=1S/C13H7Cl4NO5S/c14-8-2-1-7(9(15)6-8)5-11(24(21,22)13(16)17)10-3-4-12(23-10)18(19)20/h1-6,13H/b11-5+. The summed E-state index contributed by atoms with van der Waals surface area (Å²) in [6, 6.07) is 6.51. The Balaban J connectivity index is 2.67. The van der Waals surface area contributed by atoms with Gasteiger partial charge >= 0.3 is 5.88 Å². The second-order valence-electron chi connectivity index (χ2n) is 4.38. The van der Waals surface area contributed by atoms with E-state index in [-0.39, 0.29) is 16.3 Å². The topological polar surface area (TPSA) is 90.4 Å². The lowest BCUT2D eigenvalue weighted by atomic mass is 10.2. The van der Waals surface area contributed by atoms with Crippen LogP contribution in [0.25, 0.3) is 11.0 Å². The fourth-order valence-corrected chi connectivity index (χ4v) is 3.62. The van der Waals surface area contributed by atoms with Gasteiger partial charge in [0.1, 0.15) is 9.83 Å². The zero-order chi connectivity index (χ0) is 18.1. The SMILES string of the molecule is O=[N+]([O-])c1ccc(/C(=C\c2ccc(Cl)cc2Cl)S(=O)(=O)C(Cl)Cl)o1. The van der Waals surface area contributed by atoms with Gasteiger partial charge in [-0.2, -0.15) is 0 Å². The first-order chi connectivity index (χ1) is 11.1. The van der Waals surface area contributed by atoms with Gasteiger partial charge in [0.25, 0.3) is 0 Å². The summed E-state index contributed by atoms with van der Waals surface area (Å²) in [7, 11) is -4.25. The van der Waals surface area contributed by atoms with Crippen LogP contribution in [0.5, 0.6) is 0 Å². The van der Waals surface area contributed by atoms with Gasteiger partial charge in [0, 0.05) is 10.0 Å². The number of hydrogen-bond acceptors (Lipinski definition) is 5. The van der Waals surface area contributed by atoms with E-state index in [0.717, 1.165) is 18.2 Å². The van der Waals surface area contributed by atoms with Crippen molar-refractivity contribution in [2.75, 3.05) is 0 Å². The normalized spacial score (nSPS) is 12.6. The molecule has 2 rings (SSSR count). The predicted molar refractivity (Wildman–Crippen MR) is 94.1 cm³/mol. The molecular weight excluding hydrogens is 424 g/mol. The molecule has 1 heterocycles. The van der Waals surface area contributed by atoms with Gasteiger partial charge in [-0.3, -0.25) is 10.1 Å². The molecule has 0 fully saturated rings. The molecule has 0 N–H and O–H groups in total. The third-order valence-electron chi connectivity index (χ3n) is 2.80. The van der Waals surface area contributed by atoms with Crippen molar-refractivity contribution in [3.05, 3.63) is 61.8 Å². The Morgan fingerprint density at radius 1 is 1.21 bits per heavy atom. The van der Waals surface area contributed by atoms with E-state index in [1.54, 1.807) is 0 Å². The molecule has 0 saturated carbocycles. The van der Waals surface area contributed by atoms with Gasteiger partial charge in [0.15, 0.2) is 5.76 Å². The molecular formula is C13H7Cl4NO5S. The molecule has 0 radical (unpaired) electrons. The fraction of sp³-hybridized carbons (Fsp3) is 0.0769. The summed E-state index contributed by atoms with van der Waals surface area (Å²) < 4.78 is 27.9. The second kappa shape index (κ2) is 7.33. The van der Waals surface area contributed by atoms with Crippen LogP contribution in [0.15, 0.2) is 34.7 Å². The number of halogens is 4. The summed E-state index contributed by atoms with van der Waals surface area (Å²) >= 11 is 22.9. The summed E-state index contributed by atoms with van der Waals surface area (Å²) in [5.74, 6) is -0.923. The Bertz CT molecular complexity index is 920. The van der Waals surface area contributed by atoms with Crippen LogP contribution in [0.1, 0.15) is 11.3 Å². The largest absolute Gasteiger partial charge is 0.433 e. The van der Waals surface area contributed by atoms with Crippen molar-refractivity contribution in [3.8, 4) is 0 Å². The van der Waals surface area contributed by atoms with E-state index in [1.807, 2.05) is 0 Å². The number of hydrogen-bond donors (Lipinski definition) is 0. The van der Waals surface area contributed by atoms with Gasteiger partial charge in [-0.15, -0.1) is 0 Å². The van der Waals surface area contributed by atoms with Crippen LogP contribution in [0, 0.1) is 10.1 Å². The zero-order valence-corrected chi connectivity index (χ0v) is 15.3. The van der Waals surface area contributed by atoms with Crippen LogP contribution >= 0.6 is 46.4 Å². The number of sulfone groups is 1. The van der Waals surface area contributed by atoms with Crippen LogP contribution in [-0.4, -0.2) is 17.5 Å². The van der Waals surface area contributed by atoms with Gasteiger partial charge in [0.05, 0.1) is 6.07 Å². The maximum atomic E-state index is 12.4. The van der Waals surface area contributed by atoms with Gasteiger partial charge in [0.2, 0.25) is 14.0 Å². The van der Waals surface area contributed by atoms with E-state index >= 15 is 0 Å². The minimum atomic E-state index is -4.25. The molecule has 0 spiro atoms. The summed E-state index contributed by atoms with van der Waals surface area (Å²) in [6.45, 7) is 0. The number of rotatable bonds is 5. The number of benzene rings is 1. The van der Waals surface area contributed by atoms with Crippen molar-refractivity contribution in [3.63, 3.8) is 0 Å². The third kappa shape index (κ3) is 4.04. The minimum absolute atomic E-state index is 0.164. The highest BCUT2D eigenvalue weighted by molar-refractivity contribution is 8.03. The molecule has 128 valence electrons. The first kappa shape index (κ1) is 19.1. The first-order valence-electron chi connectivity index (χ1n) is 6.06. The van der Waals surface area contributed by atoms with Crippen molar-refractivity contribution in [2.24, 2.45) is 0 Å². The quantitative estimate of drug-likeness (QED) is 0.370. The van der Waals surface area contributed by atoms with Gasteiger partial charge in [-0.25, -0.2) is 8.42 Å². The average molecular weight is 431 g/mol. The second-order valence-corrected chi connectivity index (χ2v) is 8.83. The van der Waals surface area contributed by atoms with E-state index in [1.165, 1.54) is 18.2 Å². The molecule has 1 aromatic heterocycles. The molecule has 0 aliphatic rings. The van der Waals surface area contributed by atoms with Crippen LogP contribution in [0.4, 0.5) is 5.88 Å². The monoisotopic (exact) mass is 429 g/mol. The van der Waals surface area contributed by atoms with Crippen LogP contribution < -0.4 is 0 Å². The number of alkyl halides is 2. The van der Waals surface area contributed by atoms with Crippen molar-refractivity contribution >= 4 is 73.1 Å². The van der Waals surface area contributed by atoms with Crippen molar-refractivity contribution in [1.29, 1.82) is 0 Å². The van der Waals surface area contributed by atoms with E-state index in [4.69, 9.17) is 50.8 Å². The highest BCUT2D eigenvalue weighted by Crippen LogP contribution is 2.34. The van der Waals surface area contributed by atoms with Crippen molar-refractivity contribution < 1.29 is 17.8 Å². The van der Waals surface area contributed by atoms with Gasteiger partial charge < -0.3 is 4.42 Å². The molecule has 0 saturated heterocycles. The van der Waals surface area contributed by atoms with Gasteiger partial charge in [-0.1, -0.05) is 52.5 Å². The number of nitrogens with zero attached hydrogens (tertiary/aromatic N) is 1. The zero-order valence-electron chi connectivity index (χ0n) is 11.5. The van der Waals surface area contributed by atoms with Gasteiger partial charge in [-0.05, 0) is 29.8 Å². The summed E-state index contributed by atoms with van der Waals surface area (Å²) in [5.41, 5.74) is 0.285. The van der Waals surface area contributed by atoms with Crippen molar-refractivity contribution in [2.45, 2.75) is 4.17 Å². The maximum Gasteiger partial charge on any atom is 0.433 e. The highest BCUT2D eigenvalue weighted by Gasteiger charge is 2.30. The number of furan rings is 1. The predicted octanol–water partition coefficient (Wildman–Crippen LogP) is 5.17. The van der Waals surface area contributed by atoms with E-state index in [2.05, 4.69) is 0 Å². The molecule has 0 atom stereocenters.